The first-order valence-electron chi connectivity index (χ1n) is 11.6. The summed E-state index contributed by atoms with van der Waals surface area (Å²) in [6.07, 6.45) is 3.19. The Hall–Kier alpha value is -3.20. The molecule has 9 heteroatoms. The van der Waals surface area contributed by atoms with Crippen LogP contribution in [0.5, 0.6) is 5.75 Å². The Bertz CT molecular complexity index is 1440. The fourth-order valence-corrected chi connectivity index (χ4v) is 6.11. The van der Waals surface area contributed by atoms with E-state index in [0.29, 0.717) is 38.5 Å². The van der Waals surface area contributed by atoms with Crippen molar-refractivity contribution in [2.24, 2.45) is 0 Å². The number of aliphatic hydroxyl groups is 1. The fourth-order valence-electron chi connectivity index (χ4n) is 4.17. The summed E-state index contributed by atoms with van der Waals surface area (Å²) in [5.41, 5.74) is 1.39. The number of halogens is 1. The number of rotatable bonds is 9. The summed E-state index contributed by atoms with van der Waals surface area (Å²) in [5.74, 6) is -0.896. The van der Waals surface area contributed by atoms with Gasteiger partial charge in [0, 0.05) is 5.02 Å². The van der Waals surface area contributed by atoms with Crippen molar-refractivity contribution in [1.29, 1.82) is 0 Å². The number of aliphatic hydroxyl groups excluding tert-OH is 1. The van der Waals surface area contributed by atoms with Gasteiger partial charge in [0.05, 0.1) is 33.3 Å². The molecule has 4 aromatic rings. The highest BCUT2D eigenvalue weighted by Gasteiger charge is 2.46. The summed E-state index contributed by atoms with van der Waals surface area (Å²) in [7, 11) is 0. The van der Waals surface area contributed by atoms with Gasteiger partial charge in [-0.3, -0.25) is 14.5 Å². The SMILES string of the molecule is CCCCCOc1ccc(C2C(C(=O)c3cccs3)=C(O)C(=O)N2c2nc3ccc(Cl)cc3s2)cc1. The van der Waals surface area contributed by atoms with Crippen LogP contribution in [0.1, 0.15) is 47.5 Å². The van der Waals surface area contributed by atoms with E-state index in [4.69, 9.17) is 16.3 Å². The third kappa shape index (κ3) is 4.64. The van der Waals surface area contributed by atoms with Crippen molar-refractivity contribution in [3.8, 4) is 5.75 Å². The number of ether oxygens (including phenoxy) is 1. The summed E-state index contributed by atoms with van der Waals surface area (Å²) < 4.78 is 6.64. The van der Waals surface area contributed by atoms with E-state index in [1.165, 1.54) is 27.6 Å². The largest absolute Gasteiger partial charge is 0.503 e. The number of hydrogen-bond donors (Lipinski definition) is 1. The second kappa shape index (κ2) is 10.4. The Morgan fingerprint density at radius 2 is 1.97 bits per heavy atom. The van der Waals surface area contributed by atoms with E-state index in [9.17, 15) is 14.7 Å². The number of anilines is 1. The van der Waals surface area contributed by atoms with E-state index in [2.05, 4.69) is 11.9 Å². The lowest BCUT2D eigenvalue weighted by atomic mass is 9.95. The maximum Gasteiger partial charge on any atom is 0.296 e. The first kappa shape index (κ1) is 24.5. The van der Waals surface area contributed by atoms with Gasteiger partial charge in [-0.25, -0.2) is 4.98 Å². The standard InChI is InChI=1S/C27H23ClN2O4S2/c1-2-3-4-13-34-18-10-7-16(8-11-18)23-22(24(31)20-6-5-14-35-20)25(32)26(33)30(23)27-29-19-12-9-17(28)15-21(19)36-27/h5-12,14-15,23,32H,2-4,13H2,1H3. The predicted molar refractivity (Wildman–Crippen MR) is 145 cm³/mol. The van der Waals surface area contributed by atoms with Gasteiger partial charge in [0.2, 0.25) is 5.78 Å². The van der Waals surface area contributed by atoms with Gasteiger partial charge in [0.1, 0.15) is 5.75 Å². The highest BCUT2D eigenvalue weighted by atomic mass is 35.5. The van der Waals surface area contributed by atoms with Crippen molar-refractivity contribution < 1.29 is 19.4 Å². The molecule has 0 aliphatic carbocycles. The molecule has 2 aromatic carbocycles. The van der Waals surface area contributed by atoms with Crippen LogP contribution in [0.2, 0.25) is 5.02 Å². The lowest BCUT2D eigenvalue weighted by molar-refractivity contribution is -0.117. The molecule has 184 valence electrons. The number of hydrogen-bond acceptors (Lipinski definition) is 7. The summed E-state index contributed by atoms with van der Waals surface area (Å²) in [4.78, 5) is 33.3. The number of carbonyl (C=O) groups is 2. The Labute approximate surface area is 221 Å². The van der Waals surface area contributed by atoms with Crippen LogP contribution in [0, 0.1) is 0 Å². The molecule has 0 spiro atoms. The first-order valence-corrected chi connectivity index (χ1v) is 13.7. The van der Waals surface area contributed by atoms with E-state index in [-0.39, 0.29) is 11.4 Å². The number of ketones is 1. The molecule has 2 aromatic heterocycles. The average Bonchev–Trinajstić information content (AvgIpc) is 3.61. The third-order valence-electron chi connectivity index (χ3n) is 5.96. The number of thiophene rings is 1. The molecule has 3 heterocycles. The lowest BCUT2D eigenvalue weighted by Gasteiger charge is -2.24. The van der Waals surface area contributed by atoms with Gasteiger partial charge in [-0.2, -0.15) is 0 Å². The third-order valence-corrected chi connectivity index (χ3v) is 8.08. The van der Waals surface area contributed by atoms with Gasteiger partial charge in [0.15, 0.2) is 10.9 Å². The summed E-state index contributed by atoms with van der Waals surface area (Å²) in [6, 6.07) is 15.2. The predicted octanol–water partition coefficient (Wildman–Crippen LogP) is 7.36. The molecule has 0 saturated heterocycles. The van der Waals surface area contributed by atoms with Crippen LogP contribution in [0.15, 0.2) is 71.3 Å². The van der Waals surface area contributed by atoms with Crippen LogP contribution in [0.3, 0.4) is 0 Å². The molecule has 1 N–H and O–H groups in total. The number of fused-ring (bicyclic) bond motifs is 1. The maximum atomic E-state index is 13.5. The van der Waals surface area contributed by atoms with Crippen LogP contribution >= 0.6 is 34.3 Å². The van der Waals surface area contributed by atoms with Gasteiger partial charge < -0.3 is 9.84 Å². The van der Waals surface area contributed by atoms with E-state index in [1.807, 2.05) is 24.3 Å². The van der Waals surface area contributed by atoms with Crippen molar-refractivity contribution in [2.45, 2.75) is 32.2 Å². The summed E-state index contributed by atoms with van der Waals surface area (Å²) in [6.45, 7) is 2.76. The van der Waals surface area contributed by atoms with Crippen molar-refractivity contribution in [3.05, 3.63) is 86.8 Å². The minimum Gasteiger partial charge on any atom is -0.503 e. The molecule has 0 fully saturated rings. The van der Waals surface area contributed by atoms with E-state index < -0.39 is 17.7 Å². The number of Topliss-reactive ketones (excluding diaryl/α,β-unsaturated/α-hetero) is 1. The topological polar surface area (TPSA) is 79.7 Å². The normalized spacial score (nSPS) is 15.8. The summed E-state index contributed by atoms with van der Waals surface area (Å²) >= 11 is 8.69. The molecule has 5 rings (SSSR count). The molecule has 1 aliphatic heterocycles. The zero-order valence-electron chi connectivity index (χ0n) is 19.4. The lowest BCUT2D eigenvalue weighted by Crippen LogP contribution is -2.30. The number of benzene rings is 2. The van der Waals surface area contributed by atoms with Gasteiger partial charge in [0.25, 0.3) is 5.91 Å². The van der Waals surface area contributed by atoms with Crippen LogP contribution in [0.25, 0.3) is 10.2 Å². The van der Waals surface area contributed by atoms with Crippen molar-refractivity contribution in [3.63, 3.8) is 0 Å². The number of thiazole rings is 1. The molecule has 0 saturated carbocycles. The second-order valence-corrected chi connectivity index (χ2v) is 10.8. The molecule has 6 nitrogen and oxygen atoms in total. The molecule has 0 radical (unpaired) electrons. The molecular weight excluding hydrogens is 516 g/mol. The van der Waals surface area contributed by atoms with E-state index in [1.54, 1.807) is 35.7 Å². The Kier molecular flexibility index (Phi) is 7.09. The monoisotopic (exact) mass is 538 g/mol. The van der Waals surface area contributed by atoms with E-state index in [0.717, 1.165) is 24.0 Å². The molecule has 1 unspecified atom stereocenters. The highest BCUT2D eigenvalue weighted by molar-refractivity contribution is 7.22. The molecule has 0 bridgehead atoms. The van der Waals surface area contributed by atoms with E-state index >= 15 is 0 Å². The van der Waals surface area contributed by atoms with Gasteiger partial charge in [-0.05, 0) is 53.8 Å². The number of unbranched alkanes of at least 4 members (excludes halogenated alkanes) is 2. The molecule has 1 atom stereocenters. The minimum absolute atomic E-state index is 0.0383. The summed E-state index contributed by atoms with van der Waals surface area (Å²) in [5, 5.41) is 13.7. The van der Waals surface area contributed by atoms with Crippen molar-refractivity contribution in [1.82, 2.24) is 4.98 Å². The quantitative estimate of drug-likeness (QED) is 0.178. The van der Waals surface area contributed by atoms with Gasteiger partial charge in [-0.15, -0.1) is 11.3 Å². The molecular formula is C27H23ClN2O4S2. The van der Waals surface area contributed by atoms with Crippen LogP contribution in [-0.2, 0) is 4.79 Å². The molecule has 36 heavy (non-hydrogen) atoms. The number of amides is 1. The fraction of sp³-hybridized carbons (Fsp3) is 0.222. The second-order valence-electron chi connectivity index (χ2n) is 8.38. The van der Waals surface area contributed by atoms with Crippen LogP contribution < -0.4 is 9.64 Å². The molecule has 1 aliphatic rings. The average molecular weight is 539 g/mol. The van der Waals surface area contributed by atoms with Gasteiger partial charge >= 0.3 is 0 Å². The Morgan fingerprint density at radius 3 is 2.69 bits per heavy atom. The van der Waals surface area contributed by atoms with Crippen LogP contribution in [0.4, 0.5) is 5.13 Å². The van der Waals surface area contributed by atoms with Crippen molar-refractivity contribution in [2.75, 3.05) is 11.5 Å². The number of aromatic nitrogens is 1. The highest BCUT2D eigenvalue weighted by Crippen LogP contribution is 2.45. The van der Waals surface area contributed by atoms with Crippen LogP contribution in [-0.4, -0.2) is 28.4 Å². The zero-order valence-corrected chi connectivity index (χ0v) is 21.8. The smallest absolute Gasteiger partial charge is 0.296 e. The number of nitrogens with zero attached hydrogens (tertiary/aromatic N) is 2. The minimum atomic E-state index is -0.836. The Balaban J connectivity index is 1.55. The number of carbonyl (C=O) groups excluding carboxylic acids is 2. The van der Waals surface area contributed by atoms with Crippen molar-refractivity contribution >= 4 is 61.3 Å². The maximum absolute atomic E-state index is 13.5. The zero-order chi connectivity index (χ0) is 25.2. The molecule has 1 amide bonds. The Morgan fingerprint density at radius 1 is 1.17 bits per heavy atom. The first-order chi connectivity index (χ1) is 17.5. The van der Waals surface area contributed by atoms with Gasteiger partial charge in [-0.1, -0.05) is 60.9 Å².